The Bertz CT molecular complexity index is 478. The molecule has 0 bridgehead atoms. The average Bonchev–Trinajstić information content (AvgIpc) is 2.37. The molecule has 1 fully saturated rings. The molecule has 110 valence electrons. The van der Waals surface area contributed by atoms with E-state index in [1.807, 2.05) is 25.7 Å². The van der Waals surface area contributed by atoms with Gasteiger partial charge in [0, 0.05) is 30.5 Å². The minimum Gasteiger partial charge on any atom is -0.340 e. The zero-order valence-electron chi connectivity index (χ0n) is 12.4. The molecule has 0 saturated carbocycles. The van der Waals surface area contributed by atoms with Crippen LogP contribution in [0.4, 0.5) is 4.39 Å². The molecule has 4 heteroatoms. The number of hydrogen-bond donors (Lipinski definition) is 1. The first-order valence-corrected chi connectivity index (χ1v) is 7.08. The van der Waals surface area contributed by atoms with E-state index in [0.29, 0.717) is 13.1 Å². The topological polar surface area (TPSA) is 46.3 Å². The quantitative estimate of drug-likeness (QED) is 0.858. The Morgan fingerprint density at radius 1 is 1.25 bits per heavy atom. The van der Waals surface area contributed by atoms with Crippen LogP contribution in [0.25, 0.3) is 0 Å². The highest BCUT2D eigenvalue weighted by molar-refractivity contribution is 5.81. The molecule has 2 atom stereocenters. The minimum atomic E-state index is -0.398. The number of amides is 1. The second kappa shape index (κ2) is 5.52. The van der Waals surface area contributed by atoms with Crippen LogP contribution in [0.5, 0.6) is 0 Å². The molecule has 1 amide bonds. The average molecular weight is 278 g/mol. The summed E-state index contributed by atoms with van der Waals surface area (Å²) in [5.41, 5.74) is 6.75. The van der Waals surface area contributed by atoms with Crippen molar-refractivity contribution in [3.8, 4) is 0 Å². The van der Waals surface area contributed by atoms with Crippen LogP contribution < -0.4 is 5.73 Å². The van der Waals surface area contributed by atoms with E-state index in [1.54, 1.807) is 12.1 Å². The van der Waals surface area contributed by atoms with Crippen molar-refractivity contribution in [2.75, 3.05) is 13.1 Å². The number of halogens is 1. The molecule has 0 spiro atoms. The number of likely N-dealkylation sites (tertiary alicyclic amines) is 1. The third-order valence-electron chi connectivity index (χ3n) is 3.75. The van der Waals surface area contributed by atoms with Gasteiger partial charge < -0.3 is 10.6 Å². The van der Waals surface area contributed by atoms with Crippen LogP contribution in [0.1, 0.15) is 38.7 Å². The van der Waals surface area contributed by atoms with Crippen molar-refractivity contribution in [3.63, 3.8) is 0 Å². The number of rotatable bonds is 1. The lowest BCUT2D eigenvalue weighted by atomic mass is 9.86. The fourth-order valence-electron chi connectivity index (χ4n) is 2.75. The van der Waals surface area contributed by atoms with Gasteiger partial charge in [0.15, 0.2) is 0 Å². The van der Waals surface area contributed by atoms with Crippen LogP contribution in [-0.4, -0.2) is 29.9 Å². The van der Waals surface area contributed by atoms with Crippen LogP contribution >= 0.6 is 0 Å². The van der Waals surface area contributed by atoms with Crippen LogP contribution in [-0.2, 0) is 4.79 Å². The lowest BCUT2D eigenvalue weighted by Gasteiger charge is -2.39. The lowest BCUT2D eigenvalue weighted by molar-refractivity contribution is -0.141. The first-order chi connectivity index (χ1) is 9.27. The Balaban J connectivity index is 2.16. The highest BCUT2D eigenvalue weighted by Gasteiger charge is 2.34. The maximum Gasteiger partial charge on any atom is 0.228 e. The summed E-state index contributed by atoms with van der Waals surface area (Å²) in [5.74, 6) is 0.0712. The monoisotopic (exact) mass is 278 g/mol. The van der Waals surface area contributed by atoms with Gasteiger partial charge in [-0.2, -0.15) is 0 Å². The van der Waals surface area contributed by atoms with E-state index in [2.05, 4.69) is 0 Å². The number of carbonyl (C=O) groups excluding carboxylic acids is 1. The number of piperidine rings is 1. The summed E-state index contributed by atoms with van der Waals surface area (Å²) >= 11 is 0. The lowest BCUT2D eigenvalue weighted by Crippen LogP contribution is -2.51. The molecular weight excluding hydrogens is 255 g/mol. The number of hydrogen-bond acceptors (Lipinski definition) is 2. The fourth-order valence-corrected chi connectivity index (χ4v) is 2.75. The Hall–Kier alpha value is -1.42. The number of benzene rings is 1. The van der Waals surface area contributed by atoms with Gasteiger partial charge in [-0.25, -0.2) is 4.39 Å². The van der Waals surface area contributed by atoms with Gasteiger partial charge in [-0.3, -0.25) is 4.79 Å². The van der Waals surface area contributed by atoms with E-state index in [-0.39, 0.29) is 23.7 Å². The van der Waals surface area contributed by atoms with Crippen molar-refractivity contribution in [3.05, 3.63) is 35.6 Å². The number of nitrogens with zero attached hydrogens (tertiary/aromatic N) is 1. The van der Waals surface area contributed by atoms with Gasteiger partial charge in [0.05, 0.1) is 0 Å². The van der Waals surface area contributed by atoms with E-state index in [9.17, 15) is 9.18 Å². The SMILES string of the molecule is CC(C)(C)C(=O)N1CC(N)CC(c2ccc(F)cc2)C1. The third-order valence-corrected chi connectivity index (χ3v) is 3.75. The molecule has 0 radical (unpaired) electrons. The van der Waals surface area contributed by atoms with Gasteiger partial charge in [0.2, 0.25) is 5.91 Å². The van der Waals surface area contributed by atoms with E-state index in [4.69, 9.17) is 5.73 Å². The standard InChI is InChI=1S/C16H23FN2O/c1-16(2,3)15(20)19-9-12(8-14(18)10-19)11-4-6-13(17)7-5-11/h4-7,12,14H,8-10,18H2,1-3H3. The molecule has 1 aliphatic rings. The number of carbonyl (C=O) groups is 1. The molecule has 2 rings (SSSR count). The van der Waals surface area contributed by atoms with Crippen molar-refractivity contribution in [2.45, 2.75) is 39.2 Å². The molecule has 2 unspecified atom stereocenters. The number of nitrogens with two attached hydrogens (primary N) is 1. The summed E-state index contributed by atoms with van der Waals surface area (Å²) in [6, 6.07) is 6.48. The fraction of sp³-hybridized carbons (Fsp3) is 0.562. The highest BCUT2D eigenvalue weighted by Crippen LogP contribution is 2.29. The summed E-state index contributed by atoms with van der Waals surface area (Å²) in [6.45, 7) is 7.02. The summed E-state index contributed by atoms with van der Waals surface area (Å²) in [7, 11) is 0. The van der Waals surface area contributed by atoms with Crippen LogP contribution in [0, 0.1) is 11.2 Å². The molecule has 1 saturated heterocycles. The van der Waals surface area contributed by atoms with Gasteiger partial charge in [-0.05, 0) is 24.1 Å². The Labute approximate surface area is 120 Å². The van der Waals surface area contributed by atoms with Crippen LogP contribution in [0.3, 0.4) is 0 Å². The normalized spacial score (nSPS) is 23.8. The van der Waals surface area contributed by atoms with E-state index in [0.717, 1.165) is 12.0 Å². The summed E-state index contributed by atoms with van der Waals surface area (Å²) in [6.07, 6.45) is 0.833. The Morgan fingerprint density at radius 3 is 2.40 bits per heavy atom. The second-order valence-electron chi connectivity index (χ2n) is 6.70. The molecule has 1 aliphatic heterocycles. The van der Waals surface area contributed by atoms with Gasteiger partial charge >= 0.3 is 0 Å². The van der Waals surface area contributed by atoms with Gasteiger partial charge in [-0.1, -0.05) is 32.9 Å². The first-order valence-electron chi connectivity index (χ1n) is 7.08. The van der Waals surface area contributed by atoms with Gasteiger partial charge in [-0.15, -0.1) is 0 Å². The zero-order chi connectivity index (χ0) is 14.9. The highest BCUT2D eigenvalue weighted by atomic mass is 19.1. The predicted molar refractivity (Wildman–Crippen MR) is 77.8 cm³/mol. The Kier molecular flexibility index (Phi) is 4.14. The second-order valence-corrected chi connectivity index (χ2v) is 6.70. The van der Waals surface area contributed by atoms with Gasteiger partial charge in [0.1, 0.15) is 5.82 Å². The summed E-state index contributed by atoms with van der Waals surface area (Å²) in [5, 5.41) is 0. The summed E-state index contributed by atoms with van der Waals surface area (Å²) < 4.78 is 13.0. The van der Waals surface area contributed by atoms with Crippen molar-refractivity contribution in [2.24, 2.45) is 11.1 Å². The summed E-state index contributed by atoms with van der Waals surface area (Å²) in [4.78, 5) is 14.3. The smallest absolute Gasteiger partial charge is 0.228 e. The molecule has 0 aliphatic carbocycles. The van der Waals surface area contributed by atoms with Crippen molar-refractivity contribution >= 4 is 5.91 Å². The Morgan fingerprint density at radius 2 is 1.85 bits per heavy atom. The molecule has 1 aromatic rings. The predicted octanol–water partition coefficient (Wildman–Crippen LogP) is 2.52. The molecule has 0 aromatic heterocycles. The first kappa shape index (κ1) is 15.0. The maximum absolute atomic E-state index is 13.0. The van der Waals surface area contributed by atoms with E-state index < -0.39 is 5.41 Å². The van der Waals surface area contributed by atoms with E-state index >= 15 is 0 Å². The van der Waals surface area contributed by atoms with Gasteiger partial charge in [0.25, 0.3) is 0 Å². The van der Waals surface area contributed by atoms with E-state index in [1.165, 1.54) is 12.1 Å². The molecule has 1 heterocycles. The zero-order valence-corrected chi connectivity index (χ0v) is 12.4. The molecular formula is C16H23FN2O. The molecule has 20 heavy (non-hydrogen) atoms. The van der Waals surface area contributed by atoms with Crippen molar-refractivity contribution in [1.29, 1.82) is 0 Å². The third kappa shape index (κ3) is 3.37. The molecule has 1 aromatic carbocycles. The van der Waals surface area contributed by atoms with Crippen LogP contribution in [0.2, 0.25) is 0 Å². The van der Waals surface area contributed by atoms with Crippen molar-refractivity contribution < 1.29 is 9.18 Å². The molecule has 3 nitrogen and oxygen atoms in total. The molecule has 2 N–H and O–H groups in total. The minimum absolute atomic E-state index is 0.0231. The maximum atomic E-state index is 13.0. The van der Waals surface area contributed by atoms with Crippen molar-refractivity contribution in [1.82, 2.24) is 4.90 Å². The largest absolute Gasteiger partial charge is 0.340 e. The van der Waals surface area contributed by atoms with Crippen LogP contribution in [0.15, 0.2) is 24.3 Å².